The Morgan fingerprint density at radius 3 is 2.76 bits per heavy atom. The van der Waals surface area contributed by atoms with Gasteiger partial charge in [-0.3, -0.25) is 10.1 Å². The lowest BCUT2D eigenvalue weighted by Crippen LogP contribution is -2.17. The minimum absolute atomic E-state index is 0.263. The third-order valence-corrected chi connectivity index (χ3v) is 4.52. The molecule has 7 heteroatoms. The van der Waals surface area contributed by atoms with Crippen molar-refractivity contribution in [2.45, 2.75) is 6.54 Å². The van der Waals surface area contributed by atoms with Crippen LogP contribution in [0.25, 0.3) is 10.9 Å². The maximum absolute atomic E-state index is 14.1. The van der Waals surface area contributed by atoms with Gasteiger partial charge in [-0.15, -0.1) is 10.2 Å². The Kier molecular flexibility index (Phi) is 3.99. The Morgan fingerprint density at radius 2 is 1.96 bits per heavy atom. The van der Waals surface area contributed by atoms with Gasteiger partial charge in [0.2, 0.25) is 5.13 Å². The van der Waals surface area contributed by atoms with Crippen LogP contribution in [0.4, 0.5) is 9.52 Å². The van der Waals surface area contributed by atoms with Crippen LogP contribution in [0.2, 0.25) is 0 Å². The standard InChI is InChI=1S/C18H13FN4OS/c19-14-7-3-1-6-13(14)10-23-15-8-4-2-5-12(15)9-16(23)17(24)21-18-22-20-11-25-18/h1-9,11H,10H2,(H,21,22,24). The molecule has 0 saturated carbocycles. The SMILES string of the molecule is O=C(Nc1nncs1)c1cc2ccccc2n1Cc1ccccc1F. The summed E-state index contributed by atoms with van der Waals surface area (Å²) in [5.41, 5.74) is 3.38. The third kappa shape index (κ3) is 3.01. The summed E-state index contributed by atoms with van der Waals surface area (Å²) >= 11 is 1.24. The number of rotatable bonds is 4. The van der Waals surface area contributed by atoms with Crippen LogP contribution >= 0.6 is 11.3 Å². The van der Waals surface area contributed by atoms with Crippen molar-refractivity contribution in [3.05, 3.63) is 77.2 Å². The molecule has 1 N–H and O–H groups in total. The molecule has 0 bridgehead atoms. The Morgan fingerprint density at radius 1 is 1.16 bits per heavy atom. The Hall–Kier alpha value is -3.06. The molecular formula is C18H13FN4OS. The molecule has 25 heavy (non-hydrogen) atoms. The first kappa shape index (κ1) is 15.5. The van der Waals surface area contributed by atoms with E-state index in [0.29, 0.717) is 16.4 Å². The lowest BCUT2D eigenvalue weighted by atomic mass is 10.2. The number of nitrogens with one attached hydrogen (secondary N) is 1. The van der Waals surface area contributed by atoms with Crippen molar-refractivity contribution >= 4 is 33.3 Å². The van der Waals surface area contributed by atoms with Gasteiger partial charge >= 0.3 is 0 Å². The first-order valence-electron chi connectivity index (χ1n) is 7.61. The second-order valence-corrected chi connectivity index (χ2v) is 6.30. The molecule has 2 aromatic heterocycles. The molecule has 5 nitrogen and oxygen atoms in total. The average Bonchev–Trinajstić information content (AvgIpc) is 3.25. The maximum Gasteiger partial charge on any atom is 0.274 e. The highest BCUT2D eigenvalue weighted by Gasteiger charge is 2.17. The second kappa shape index (κ2) is 6.45. The van der Waals surface area contributed by atoms with E-state index in [1.54, 1.807) is 29.8 Å². The maximum atomic E-state index is 14.1. The van der Waals surface area contributed by atoms with E-state index in [1.165, 1.54) is 17.4 Å². The number of carbonyl (C=O) groups is 1. The fourth-order valence-corrected chi connectivity index (χ4v) is 3.19. The van der Waals surface area contributed by atoms with Gasteiger partial charge in [-0.1, -0.05) is 47.7 Å². The number of nitrogens with zero attached hydrogens (tertiary/aromatic N) is 3. The predicted molar refractivity (Wildman–Crippen MR) is 95.3 cm³/mol. The summed E-state index contributed by atoms with van der Waals surface area (Å²) in [6.07, 6.45) is 0. The number of fused-ring (bicyclic) bond motifs is 1. The molecule has 0 spiro atoms. The Bertz CT molecular complexity index is 1040. The molecule has 0 aliphatic heterocycles. The molecule has 0 radical (unpaired) electrons. The van der Waals surface area contributed by atoms with Gasteiger partial charge in [0.1, 0.15) is 17.0 Å². The largest absolute Gasteiger partial charge is 0.332 e. The normalized spacial score (nSPS) is 10.9. The molecule has 4 aromatic rings. The number of benzene rings is 2. The molecule has 0 aliphatic rings. The summed E-state index contributed by atoms with van der Waals surface area (Å²) in [5, 5.41) is 11.6. The molecular weight excluding hydrogens is 339 g/mol. The fourth-order valence-electron chi connectivity index (χ4n) is 2.75. The number of amides is 1. The van der Waals surface area contributed by atoms with Crippen molar-refractivity contribution in [3.8, 4) is 0 Å². The monoisotopic (exact) mass is 352 g/mol. The topological polar surface area (TPSA) is 59.8 Å². The quantitative estimate of drug-likeness (QED) is 0.605. The number of halogens is 1. The van der Waals surface area contributed by atoms with Crippen molar-refractivity contribution in [2.24, 2.45) is 0 Å². The van der Waals surface area contributed by atoms with E-state index in [4.69, 9.17) is 0 Å². The summed E-state index contributed by atoms with van der Waals surface area (Å²) in [7, 11) is 0. The van der Waals surface area contributed by atoms with Crippen LogP contribution in [0.15, 0.2) is 60.1 Å². The van der Waals surface area contributed by atoms with Crippen LogP contribution < -0.4 is 5.32 Å². The summed E-state index contributed by atoms with van der Waals surface area (Å²) in [6, 6.07) is 16.0. The van der Waals surface area contributed by atoms with Gasteiger partial charge in [-0.05, 0) is 18.2 Å². The van der Waals surface area contributed by atoms with Gasteiger partial charge in [-0.25, -0.2) is 4.39 Å². The number of hydrogen-bond acceptors (Lipinski definition) is 4. The smallest absolute Gasteiger partial charge is 0.274 e. The molecule has 0 atom stereocenters. The lowest BCUT2D eigenvalue weighted by Gasteiger charge is -2.11. The minimum Gasteiger partial charge on any atom is -0.332 e. The number of carbonyl (C=O) groups excluding carboxylic acids is 1. The van der Waals surface area contributed by atoms with E-state index >= 15 is 0 Å². The fraction of sp³-hybridized carbons (Fsp3) is 0.0556. The van der Waals surface area contributed by atoms with Crippen molar-refractivity contribution in [1.82, 2.24) is 14.8 Å². The minimum atomic E-state index is -0.302. The van der Waals surface area contributed by atoms with Gasteiger partial charge in [0.25, 0.3) is 5.91 Å². The van der Waals surface area contributed by atoms with Gasteiger partial charge in [0.05, 0.1) is 6.54 Å². The highest BCUT2D eigenvalue weighted by atomic mass is 32.1. The van der Waals surface area contributed by atoms with Crippen LogP contribution in [0.1, 0.15) is 16.1 Å². The lowest BCUT2D eigenvalue weighted by molar-refractivity contribution is 0.101. The van der Waals surface area contributed by atoms with Crippen LogP contribution in [-0.4, -0.2) is 20.7 Å². The van der Waals surface area contributed by atoms with Crippen molar-refractivity contribution in [1.29, 1.82) is 0 Å². The molecule has 124 valence electrons. The Balaban J connectivity index is 1.78. The van der Waals surface area contributed by atoms with E-state index in [2.05, 4.69) is 15.5 Å². The summed E-state index contributed by atoms with van der Waals surface area (Å²) in [6.45, 7) is 0.263. The summed E-state index contributed by atoms with van der Waals surface area (Å²) in [5.74, 6) is -0.597. The molecule has 2 heterocycles. The number of aromatic nitrogens is 3. The molecule has 2 aromatic carbocycles. The first-order valence-corrected chi connectivity index (χ1v) is 8.49. The van der Waals surface area contributed by atoms with Gasteiger partial charge in [0.15, 0.2) is 0 Å². The van der Waals surface area contributed by atoms with Gasteiger partial charge < -0.3 is 4.57 Å². The highest BCUT2D eigenvalue weighted by molar-refractivity contribution is 7.13. The number of para-hydroxylation sites is 1. The van der Waals surface area contributed by atoms with E-state index in [1.807, 2.05) is 28.8 Å². The van der Waals surface area contributed by atoms with Crippen LogP contribution in [0, 0.1) is 5.82 Å². The van der Waals surface area contributed by atoms with Crippen molar-refractivity contribution < 1.29 is 9.18 Å². The van der Waals surface area contributed by atoms with E-state index in [9.17, 15) is 9.18 Å². The zero-order chi connectivity index (χ0) is 17.2. The zero-order valence-corrected chi connectivity index (χ0v) is 13.8. The van der Waals surface area contributed by atoms with Crippen molar-refractivity contribution in [3.63, 3.8) is 0 Å². The molecule has 4 rings (SSSR count). The molecule has 0 aliphatic carbocycles. The molecule has 0 saturated heterocycles. The summed E-state index contributed by atoms with van der Waals surface area (Å²) < 4.78 is 15.9. The van der Waals surface area contributed by atoms with Crippen LogP contribution in [-0.2, 0) is 6.54 Å². The number of anilines is 1. The van der Waals surface area contributed by atoms with Gasteiger partial charge in [-0.2, -0.15) is 0 Å². The van der Waals surface area contributed by atoms with E-state index < -0.39 is 0 Å². The Labute approximate surface area is 146 Å². The molecule has 0 fully saturated rings. The summed E-state index contributed by atoms with van der Waals surface area (Å²) in [4.78, 5) is 12.7. The average molecular weight is 352 g/mol. The second-order valence-electron chi connectivity index (χ2n) is 5.46. The zero-order valence-electron chi connectivity index (χ0n) is 13.0. The molecule has 1 amide bonds. The van der Waals surface area contributed by atoms with Crippen LogP contribution in [0.3, 0.4) is 0 Å². The van der Waals surface area contributed by atoms with Crippen molar-refractivity contribution in [2.75, 3.05) is 5.32 Å². The van der Waals surface area contributed by atoms with E-state index in [-0.39, 0.29) is 18.3 Å². The first-order chi connectivity index (χ1) is 12.2. The number of hydrogen-bond donors (Lipinski definition) is 1. The predicted octanol–water partition coefficient (Wildman–Crippen LogP) is 3.93. The van der Waals surface area contributed by atoms with Crippen LogP contribution in [0.5, 0.6) is 0 Å². The highest BCUT2D eigenvalue weighted by Crippen LogP contribution is 2.23. The molecule has 0 unspecified atom stereocenters. The van der Waals surface area contributed by atoms with E-state index in [0.717, 1.165) is 10.9 Å². The van der Waals surface area contributed by atoms with Gasteiger partial charge in [0, 0.05) is 16.5 Å². The third-order valence-electron chi connectivity index (χ3n) is 3.91.